The molecule has 0 bridgehead atoms. The molecule has 1 aliphatic heterocycles. The highest BCUT2D eigenvalue weighted by atomic mass is 32.3. The minimum Gasteiger partial charge on any atom is -0.394 e. The van der Waals surface area contributed by atoms with E-state index in [2.05, 4.69) is 9.44 Å². The molecule has 1 aliphatic rings. The summed E-state index contributed by atoms with van der Waals surface area (Å²) in [7, 11) is -4.79. The van der Waals surface area contributed by atoms with E-state index < -0.39 is 46.9 Å². The fourth-order valence-electron chi connectivity index (χ4n) is 2.09. The minimum absolute atomic E-state index is 0.113. The van der Waals surface area contributed by atoms with E-state index in [0.29, 0.717) is 12.3 Å². The van der Waals surface area contributed by atoms with Crippen molar-refractivity contribution in [3.63, 3.8) is 0 Å². The normalized spacial score (nSPS) is 32.4. The maximum Gasteiger partial charge on any atom is 0.466 e. The zero-order chi connectivity index (χ0) is 19.2. The van der Waals surface area contributed by atoms with E-state index in [-0.39, 0.29) is 11.5 Å². The number of aliphatic hydroxyl groups is 4. The quantitative estimate of drug-likeness (QED) is 0.154. The minimum atomic E-state index is -4.79. The maximum absolute atomic E-state index is 10.7. The van der Waals surface area contributed by atoms with Crippen molar-refractivity contribution in [2.45, 2.75) is 63.0 Å². The van der Waals surface area contributed by atoms with E-state index >= 15 is 0 Å². The molecule has 0 aromatic carbocycles. The third kappa shape index (κ3) is 7.35. The third-order valence-electron chi connectivity index (χ3n) is 3.88. The Morgan fingerprint density at radius 1 is 1.28 bits per heavy atom. The first kappa shape index (κ1) is 22.6. The molecule has 25 heavy (non-hydrogen) atoms. The van der Waals surface area contributed by atoms with Crippen LogP contribution in [0.2, 0.25) is 0 Å². The van der Waals surface area contributed by atoms with Gasteiger partial charge in [0.1, 0.15) is 34.9 Å². The highest BCUT2D eigenvalue weighted by Crippen LogP contribution is 2.31. The Morgan fingerprint density at radius 2 is 1.92 bits per heavy atom. The summed E-state index contributed by atoms with van der Waals surface area (Å²) in [6.07, 6.45) is -3.83. The third-order valence-corrected chi connectivity index (χ3v) is 5.32. The van der Waals surface area contributed by atoms with Gasteiger partial charge in [-0.3, -0.25) is 4.55 Å². The van der Waals surface area contributed by atoms with Crippen LogP contribution in [0.15, 0.2) is 5.16 Å². The lowest BCUT2D eigenvalue weighted by Crippen LogP contribution is -2.57. The van der Waals surface area contributed by atoms with E-state index in [0.717, 1.165) is 18.2 Å². The molecule has 0 aliphatic carbocycles. The standard InChI is InChI=1S/C13H25NO9S2/c1-3-7(2)4-5-9(14-23-25(19,20)21)24-13-12(18)11(17)10(16)8(6-15)22-13/h7-8,10-13,15-18H,3-6H2,1-2H3,(H,19,20,21)/b14-9+/t7-,8+,10+,11+,12-,13-/m1/s1. The van der Waals surface area contributed by atoms with Gasteiger partial charge < -0.3 is 25.2 Å². The Balaban J connectivity index is 2.87. The molecule has 0 aromatic rings. The van der Waals surface area contributed by atoms with Gasteiger partial charge in [-0.05, 0) is 18.8 Å². The molecule has 1 fully saturated rings. The number of rotatable bonds is 8. The second kappa shape index (κ2) is 10.0. The first-order valence-electron chi connectivity index (χ1n) is 7.79. The van der Waals surface area contributed by atoms with E-state index in [1.807, 2.05) is 13.8 Å². The summed E-state index contributed by atoms with van der Waals surface area (Å²) in [5.74, 6) is 0.311. The topological polar surface area (TPSA) is 166 Å². The van der Waals surface area contributed by atoms with Crippen LogP contribution >= 0.6 is 11.8 Å². The molecule has 0 unspecified atom stereocenters. The van der Waals surface area contributed by atoms with Crippen molar-refractivity contribution in [3.05, 3.63) is 0 Å². The molecule has 1 saturated heterocycles. The molecule has 1 heterocycles. The summed E-state index contributed by atoms with van der Waals surface area (Å²) >= 11 is 0.787. The molecule has 5 N–H and O–H groups in total. The molecule has 148 valence electrons. The van der Waals surface area contributed by atoms with Gasteiger partial charge in [-0.15, -0.1) is 0 Å². The number of hydrogen-bond acceptors (Lipinski definition) is 10. The van der Waals surface area contributed by atoms with Gasteiger partial charge in [0.25, 0.3) is 0 Å². The van der Waals surface area contributed by atoms with Crippen molar-refractivity contribution < 1.29 is 42.4 Å². The Morgan fingerprint density at radius 3 is 2.44 bits per heavy atom. The summed E-state index contributed by atoms with van der Waals surface area (Å²) < 4.78 is 39.4. The lowest BCUT2D eigenvalue weighted by molar-refractivity contribution is -0.205. The number of oxime groups is 1. The maximum atomic E-state index is 10.7. The number of ether oxygens (including phenoxy) is 1. The zero-order valence-corrected chi connectivity index (χ0v) is 15.6. The van der Waals surface area contributed by atoms with E-state index in [9.17, 15) is 28.8 Å². The predicted molar refractivity (Wildman–Crippen MR) is 90.1 cm³/mol. The largest absolute Gasteiger partial charge is 0.466 e. The van der Waals surface area contributed by atoms with Gasteiger partial charge in [-0.25, -0.2) is 4.28 Å². The molecule has 1 rings (SSSR count). The first-order valence-corrected chi connectivity index (χ1v) is 10.0. The number of hydrogen-bond donors (Lipinski definition) is 5. The summed E-state index contributed by atoms with van der Waals surface area (Å²) in [5, 5.41) is 42.2. The number of nitrogens with zero attached hydrogens (tertiary/aromatic N) is 1. The Labute approximate surface area is 150 Å². The van der Waals surface area contributed by atoms with Gasteiger partial charge in [0, 0.05) is 0 Å². The molecular weight excluding hydrogens is 378 g/mol. The van der Waals surface area contributed by atoms with Crippen LogP contribution in [0.1, 0.15) is 33.1 Å². The van der Waals surface area contributed by atoms with Crippen LogP contribution in [-0.2, 0) is 19.4 Å². The summed E-state index contributed by atoms with van der Waals surface area (Å²) in [4.78, 5) is 0. The molecule has 0 saturated carbocycles. The van der Waals surface area contributed by atoms with Crippen molar-refractivity contribution in [1.29, 1.82) is 0 Å². The van der Waals surface area contributed by atoms with Crippen LogP contribution in [-0.4, -0.2) is 74.9 Å². The smallest absolute Gasteiger partial charge is 0.394 e. The van der Waals surface area contributed by atoms with Crippen LogP contribution in [0.5, 0.6) is 0 Å². The summed E-state index contributed by atoms with van der Waals surface area (Å²) in [5.41, 5.74) is -1.11. The summed E-state index contributed by atoms with van der Waals surface area (Å²) in [6, 6.07) is 0. The van der Waals surface area contributed by atoms with Crippen LogP contribution < -0.4 is 0 Å². The lowest BCUT2D eigenvalue weighted by Gasteiger charge is -2.39. The highest BCUT2D eigenvalue weighted by Gasteiger charge is 2.44. The average molecular weight is 403 g/mol. The molecule has 10 nitrogen and oxygen atoms in total. The molecule has 6 atom stereocenters. The average Bonchev–Trinajstić information content (AvgIpc) is 2.56. The van der Waals surface area contributed by atoms with Crippen LogP contribution in [0.3, 0.4) is 0 Å². The fourth-order valence-corrected chi connectivity index (χ4v) is 3.40. The molecule has 0 aromatic heterocycles. The fraction of sp³-hybridized carbons (Fsp3) is 0.923. The molecule has 0 radical (unpaired) electrons. The SMILES string of the molecule is CC[C@@H](C)CC/C(=N\OS(=O)(=O)O)S[C@H]1O[C@@H](CO)[C@H](O)[C@H](O)[C@H]1O. The Kier molecular flexibility index (Phi) is 9.04. The van der Waals surface area contributed by atoms with Gasteiger partial charge in [0.2, 0.25) is 0 Å². The highest BCUT2D eigenvalue weighted by molar-refractivity contribution is 8.14. The molecule has 0 amide bonds. The lowest BCUT2D eigenvalue weighted by atomic mass is 10.0. The van der Waals surface area contributed by atoms with Crippen molar-refractivity contribution in [3.8, 4) is 0 Å². The van der Waals surface area contributed by atoms with E-state index in [1.54, 1.807) is 0 Å². The summed E-state index contributed by atoms with van der Waals surface area (Å²) in [6.45, 7) is 3.39. The van der Waals surface area contributed by atoms with Crippen molar-refractivity contribution >= 4 is 27.2 Å². The second-order valence-corrected chi connectivity index (χ2v) is 8.03. The van der Waals surface area contributed by atoms with Crippen molar-refractivity contribution in [2.24, 2.45) is 11.1 Å². The first-order chi connectivity index (χ1) is 11.6. The van der Waals surface area contributed by atoms with Gasteiger partial charge in [-0.2, -0.15) is 8.42 Å². The number of thioether (sulfide) groups is 1. The van der Waals surface area contributed by atoms with E-state index in [4.69, 9.17) is 9.29 Å². The van der Waals surface area contributed by atoms with Crippen molar-refractivity contribution in [1.82, 2.24) is 0 Å². The monoisotopic (exact) mass is 403 g/mol. The zero-order valence-electron chi connectivity index (χ0n) is 13.9. The van der Waals surface area contributed by atoms with Gasteiger partial charge in [-0.1, -0.05) is 37.2 Å². The van der Waals surface area contributed by atoms with Gasteiger partial charge in [0.15, 0.2) is 0 Å². The van der Waals surface area contributed by atoms with E-state index in [1.165, 1.54) is 0 Å². The van der Waals surface area contributed by atoms with Gasteiger partial charge >= 0.3 is 10.4 Å². The van der Waals surface area contributed by atoms with Crippen molar-refractivity contribution in [2.75, 3.05) is 6.61 Å². The number of aliphatic hydroxyl groups excluding tert-OH is 4. The molecule has 12 heteroatoms. The molecule has 0 spiro atoms. The van der Waals surface area contributed by atoms with Crippen LogP contribution in [0.25, 0.3) is 0 Å². The Hall–Kier alpha value is -0.470. The van der Waals surface area contributed by atoms with Gasteiger partial charge in [0.05, 0.1) is 6.61 Å². The Bertz CT molecular complexity index is 540. The van der Waals surface area contributed by atoms with Crippen LogP contribution in [0, 0.1) is 5.92 Å². The predicted octanol–water partition coefficient (Wildman–Crippen LogP) is -0.521. The second-order valence-electron chi connectivity index (χ2n) is 5.85. The van der Waals surface area contributed by atoms with Crippen LogP contribution in [0.4, 0.5) is 0 Å². The molecular formula is C13H25NO9S2.